The normalized spacial score (nSPS) is 13.0. The van der Waals surface area contributed by atoms with Crippen molar-refractivity contribution >= 4 is 38.6 Å². The minimum absolute atomic E-state index is 0.0304. The molecule has 1 aliphatic rings. The fourth-order valence-corrected chi connectivity index (χ4v) is 7.74. The molecule has 228 valence electrons. The molecule has 1 aliphatic carbocycles. The van der Waals surface area contributed by atoms with Gasteiger partial charge in [-0.3, -0.25) is 0 Å². The van der Waals surface area contributed by atoms with Crippen molar-refractivity contribution in [2.45, 2.75) is 19.3 Å². The third-order valence-electron chi connectivity index (χ3n) is 10.2. The molecule has 1 nitrogen and oxygen atoms in total. The van der Waals surface area contributed by atoms with Crippen LogP contribution in [0.1, 0.15) is 25.0 Å². The van der Waals surface area contributed by atoms with Crippen LogP contribution in [0.15, 0.2) is 176 Å². The molecule has 0 aliphatic heterocycles. The molecule has 8 aromatic carbocycles. The Labute approximate surface area is 282 Å². The summed E-state index contributed by atoms with van der Waals surface area (Å²) in [5.74, 6) is 0. The minimum Gasteiger partial charge on any atom is -0.310 e. The maximum Gasteiger partial charge on any atom is 0.0468 e. The first kappa shape index (κ1) is 28.3. The third-order valence-corrected chi connectivity index (χ3v) is 10.2. The van der Waals surface area contributed by atoms with Gasteiger partial charge in [0.1, 0.15) is 0 Å². The molecule has 0 N–H and O–H groups in total. The van der Waals surface area contributed by atoms with E-state index in [9.17, 15) is 0 Å². The highest BCUT2D eigenvalue weighted by molar-refractivity contribution is 6.00. The van der Waals surface area contributed by atoms with Gasteiger partial charge in [-0.2, -0.15) is 0 Å². The second kappa shape index (κ2) is 11.1. The second-order valence-corrected chi connectivity index (χ2v) is 13.4. The molecule has 0 radical (unpaired) electrons. The summed E-state index contributed by atoms with van der Waals surface area (Å²) in [5, 5.41) is 4.99. The molecule has 0 atom stereocenters. The maximum atomic E-state index is 2.40. The van der Waals surface area contributed by atoms with E-state index in [0.717, 1.165) is 17.1 Å². The largest absolute Gasteiger partial charge is 0.310 e. The molecule has 0 saturated carbocycles. The summed E-state index contributed by atoms with van der Waals surface area (Å²) in [6.45, 7) is 4.68. The molecule has 0 spiro atoms. The Morgan fingerprint density at radius 2 is 0.938 bits per heavy atom. The van der Waals surface area contributed by atoms with E-state index in [4.69, 9.17) is 0 Å². The lowest BCUT2D eigenvalue weighted by Crippen LogP contribution is -2.15. The van der Waals surface area contributed by atoms with Gasteiger partial charge in [0.25, 0.3) is 0 Å². The smallest absolute Gasteiger partial charge is 0.0468 e. The summed E-state index contributed by atoms with van der Waals surface area (Å²) in [5.41, 5.74) is 13.7. The highest BCUT2D eigenvalue weighted by Gasteiger charge is 2.35. The van der Waals surface area contributed by atoms with Crippen molar-refractivity contribution in [3.05, 3.63) is 187 Å². The van der Waals surface area contributed by atoms with Crippen LogP contribution in [0, 0.1) is 0 Å². The number of benzene rings is 8. The number of fused-ring (bicyclic) bond motifs is 5. The van der Waals surface area contributed by atoms with Gasteiger partial charge in [-0.25, -0.2) is 0 Å². The molecule has 0 fully saturated rings. The molecular weight excluding hydrogens is 579 g/mol. The Morgan fingerprint density at radius 1 is 0.354 bits per heavy atom. The average molecular weight is 614 g/mol. The fourth-order valence-electron chi connectivity index (χ4n) is 7.74. The highest BCUT2D eigenvalue weighted by atomic mass is 15.1. The Balaban J connectivity index is 1.17. The summed E-state index contributed by atoms with van der Waals surface area (Å²) in [6, 6.07) is 64.4. The van der Waals surface area contributed by atoms with Crippen LogP contribution in [0.4, 0.5) is 17.1 Å². The van der Waals surface area contributed by atoms with E-state index in [1.165, 1.54) is 66.1 Å². The van der Waals surface area contributed by atoms with E-state index in [-0.39, 0.29) is 5.41 Å². The molecule has 8 aromatic rings. The van der Waals surface area contributed by atoms with Gasteiger partial charge in [0.2, 0.25) is 0 Å². The van der Waals surface area contributed by atoms with Gasteiger partial charge in [-0.05, 0) is 109 Å². The number of hydrogen-bond acceptors (Lipinski definition) is 1. The van der Waals surface area contributed by atoms with Crippen molar-refractivity contribution in [1.29, 1.82) is 0 Å². The topological polar surface area (TPSA) is 3.24 Å². The fraction of sp³-hybridized carbons (Fsp3) is 0.0638. The molecule has 0 heterocycles. The Morgan fingerprint density at radius 3 is 1.81 bits per heavy atom. The van der Waals surface area contributed by atoms with Crippen molar-refractivity contribution < 1.29 is 0 Å². The Kier molecular flexibility index (Phi) is 6.55. The van der Waals surface area contributed by atoms with Crippen LogP contribution in [-0.2, 0) is 5.41 Å². The van der Waals surface area contributed by atoms with Crippen molar-refractivity contribution in [1.82, 2.24) is 0 Å². The molecule has 0 saturated heterocycles. The van der Waals surface area contributed by atoms with E-state index in [0.29, 0.717) is 0 Å². The van der Waals surface area contributed by atoms with E-state index >= 15 is 0 Å². The molecular formula is C47H35N. The molecule has 9 rings (SSSR count). The van der Waals surface area contributed by atoms with Crippen molar-refractivity contribution in [3.8, 4) is 33.4 Å². The van der Waals surface area contributed by atoms with Gasteiger partial charge in [0.15, 0.2) is 0 Å². The van der Waals surface area contributed by atoms with Gasteiger partial charge in [0, 0.05) is 22.5 Å². The van der Waals surface area contributed by atoms with E-state index in [1.54, 1.807) is 0 Å². The van der Waals surface area contributed by atoms with Crippen LogP contribution in [-0.4, -0.2) is 0 Å². The molecule has 0 unspecified atom stereocenters. The van der Waals surface area contributed by atoms with Crippen molar-refractivity contribution in [2.24, 2.45) is 0 Å². The predicted octanol–water partition coefficient (Wildman–Crippen LogP) is 13.1. The lowest BCUT2D eigenvalue weighted by Gasteiger charge is -2.27. The van der Waals surface area contributed by atoms with Crippen LogP contribution < -0.4 is 4.90 Å². The lowest BCUT2D eigenvalue weighted by atomic mass is 9.82. The van der Waals surface area contributed by atoms with E-state index < -0.39 is 0 Å². The summed E-state index contributed by atoms with van der Waals surface area (Å²) >= 11 is 0. The number of nitrogens with zero attached hydrogens (tertiary/aromatic N) is 1. The first-order valence-electron chi connectivity index (χ1n) is 16.8. The number of hydrogen-bond donors (Lipinski definition) is 0. The van der Waals surface area contributed by atoms with Crippen LogP contribution in [0.5, 0.6) is 0 Å². The summed E-state index contributed by atoms with van der Waals surface area (Å²) < 4.78 is 0. The number of anilines is 3. The maximum absolute atomic E-state index is 2.40. The van der Waals surface area contributed by atoms with Gasteiger partial charge in [-0.15, -0.1) is 0 Å². The zero-order valence-corrected chi connectivity index (χ0v) is 27.2. The average Bonchev–Trinajstić information content (AvgIpc) is 3.37. The van der Waals surface area contributed by atoms with E-state index in [2.05, 4.69) is 195 Å². The number of rotatable bonds is 5. The van der Waals surface area contributed by atoms with Crippen molar-refractivity contribution in [2.75, 3.05) is 4.90 Å². The standard InChI is InChI=1S/C47H35N/c1-47(2)45-18-9-8-16-43(45)44-31-40(27-28-46(44)47)48(38-24-21-33(22-25-38)32-11-4-3-5-12-32)39-26-23-35-29-37(20-19-36(35)30-39)42-17-10-14-34-13-6-7-15-41(34)42/h3-31H,1-2H3. The van der Waals surface area contributed by atoms with Crippen LogP contribution >= 0.6 is 0 Å². The summed E-state index contributed by atoms with van der Waals surface area (Å²) in [7, 11) is 0. The SMILES string of the molecule is CC1(C)c2ccccc2-c2cc(N(c3ccc(-c4ccccc4)cc3)c3ccc4cc(-c5cccc6ccccc56)ccc4c3)ccc21. The zero-order chi connectivity index (χ0) is 32.2. The van der Waals surface area contributed by atoms with Gasteiger partial charge >= 0.3 is 0 Å². The van der Waals surface area contributed by atoms with Gasteiger partial charge < -0.3 is 4.90 Å². The predicted molar refractivity (Wildman–Crippen MR) is 205 cm³/mol. The molecule has 0 amide bonds. The first-order valence-corrected chi connectivity index (χ1v) is 16.8. The summed E-state index contributed by atoms with van der Waals surface area (Å²) in [6.07, 6.45) is 0. The summed E-state index contributed by atoms with van der Waals surface area (Å²) in [4.78, 5) is 2.40. The minimum atomic E-state index is -0.0304. The van der Waals surface area contributed by atoms with Crippen molar-refractivity contribution in [3.63, 3.8) is 0 Å². The van der Waals surface area contributed by atoms with Crippen LogP contribution in [0.25, 0.3) is 54.9 Å². The molecule has 48 heavy (non-hydrogen) atoms. The first-order chi connectivity index (χ1) is 23.5. The van der Waals surface area contributed by atoms with E-state index in [1.807, 2.05) is 0 Å². The van der Waals surface area contributed by atoms with Gasteiger partial charge in [-0.1, -0.05) is 147 Å². The monoisotopic (exact) mass is 613 g/mol. The second-order valence-electron chi connectivity index (χ2n) is 13.4. The van der Waals surface area contributed by atoms with Gasteiger partial charge in [0.05, 0.1) is 0 Å². The Hall–Kier alpha value is -5.92. The quantitative estimate of drug-likeness (QED) is 0.187. The molecule has 1 heteroatoms. The zero-order valence-electron chi connectivity index (χ0n) is 27.2. The lowest BCUT2D eigenvalue weighted by molar-refractivity contribution is 0.660. The molecule has 0 bridgehead atoms. The molecule has 0 aromatic heterocycles. The Bertz CT molecular complexity index is 2460. The van der Waals surface area contributed by atoms with Crippen LogP contribution in [0.3, 0.4) is 0 Å². The van der Waals surface area contributed by atoms with Crippen LogP contribution in [0.2, 0.25) is 0 Å². The third kappa shape index (κ3) is 4.62. The highest BCUT2D eigenvalue weighted by Crippen LogP contribution is 2.50.